The van der Waals surface area contributed by atoms with Gasteiger partial charge in [0.2, 0.25) is 26.0 Å². The van der Waals surface area contributed by atoms with Crippen LogP contribution in [0.4, 0.5) is 5.69 Å². The molecule has 0 aliphatic carbocycles. The summed E-state index contributed by atoms with van der Waals surface area (Å²) < 4.78 is 53.5. The van der Waals surface area contributed by atoms with Crippen molar-refractivity contribution in [3.63, 3.8) is 0 Å². The van der Waals surface area contributed by atoms with Gasteiger partial charge in [0.25, 0.3) is 0 Å². The Labute approximate surface area is 184 Å². The van der Waals surface area contributed by atoms with Crippen LogP contribution in [0.3, 0.4) is 0 Å². The lowest BCUT2D eigenvalue weighted by molar-refractivity contribution is -0.120. The summed E-state index contributed by atoms with van der Waals surface area (Å²) in [6.45, 7) is 2.00. The molecule has 1 atom stereocenters. The molecule has 0 saturated carbocycles. The van der Waals surface area contributed by atoms with Gasteiger partial charge >= 0.3 is 0 Å². The molecule has 31 heavy (non-hydrogen) atoms. The standard InChI is InChI=1S/C21H27N3O5S2/c1-16-12-13-18(30(26,27)23(2)3)15-19(16)22-21(25)20-11-7-8-14-24(20)31(28,29)17-9-5-4-6-10-17/h4-6,9-10,12-13,15,20H,7-8,11,14H2,1-3H3,(H,22,25)/t20-/m1/s1. The van der Waals surface area contributed by atoms with E-state index in [1.165, 1.54) is 42.7 Å². The van der Waals surface area contributed by atoms with E-state index < -0.39 is 32.0 Å². The van der Waals surface area contributed by atoms with Gasteiger partial charge in [0.15, 0.2) is 0 Å². The molecule has 2 aromatic rings. The van der Waals surface area contributed by atoms with E-state index in [4.69, 9.17) is 0 Å². The molecular formula is C21H27N3O5S2. The van der Waals surface area contributed by atoms with Crippen molar-refractivity contribution in [2.24, 2.45) is 0 Å². The van der Waals surface area contributed by atoms with Crippen molar-refractivity contribution < 1.29 is 21.6 Å². The zero-order valence-corrected chi connectivity index (χ0v) is 19.4. The van der Waals surface area contributed by atoms with Gasteiger partial charge in [0, 0.05) is 26.3 Å². The number of benzene rings is 2. The van der Waals surface area contributed by atoms with E-state index in [0.29, 0.717) is 24.1 Å². The van der Waals surface area contributed by atoms with E-state index in [9.17, 15) is 21.6 Å². The van der Waals surface area contributed by atoms with Crippen molar-refractivity contribution in [2.45, 2.75) is 42.0 Å². The topological polar surface area (TPSA) is 104 Å². The lowest BCUT2D eigenvalue weighted by atomic mass is 10.0. The van der Waals surface area contributed by atoms with Crippen LogP contribution < -0.4 is 5.32 Å². The molecule has 1 aliphatic rings. The summed E-state index contributed by atoms with van der Waals surface area (Å²) in [5, 5.41) is 2.76. The number of anilines is 1. The van der Waals surface area contributed by atoms with Gasteiger partial charge in [-0.05, 0) is 49.6 Å². The molecule has 8 nitrogen and oxygen atoms in total. The molecule has 1 fully saturated rings. The Morgan fingerprint density at radius 1 is 1.00 bits per heavy atom. The van der Waals surface area contributed by atoms with Gasteiger partial charge in [-0.15, -0.1) is 0 Å². The van der Waals surface area contributed by atoms with E-state index in [-0.39, 0.29) is 16.3 Å². The minimum absolute atomic E-state index is 0.0517. The third kappa shape index (κ3) is 4.82. The first-order valence-corrected chi connectivity index (χ1v) is 12.8. The van der Waals surface area contributed by atoms with Gasteiger partial charge in [0.05, 0.1) is 9.79 Å². The van der Waals surface area contributed by atoms with Crippen LogP contribution >= 0.6 is 0 Å². The number of hydrogen-bond acceptors (Lipinski definition) is 5. The fourth-order valence-corrected chi connectivity index (χ4v) is 6.11. The van der Waals surface area contributed by atoms with Crippen molar-refractivity contribution in [3.8, 4) is 0 Å². The minimum Gasteiger partial charge on any atom is -0.324 e. The number of nitrogens with one attached hydrogen (secondary N) is 1. The van der Waals surface area contributed by atoms with Gasteiger partial charge in [-0.2, -0.15) is 4.31 Å². The first-order valence-electron chi connectivity index (χ1n) is 9.96. The first kappa shape index (κ1) is 23.4. The SMILES string of the molecule is Cc1ccc(S(=O)(=O)N(C)C)cc1NC(=O)[C@H]1CCCCN1S(=O)(=O)c1ccccc1. The van der Waals surface area contributed by atoms with Crippen LogP contribution in [0.2, 0.25) is 0 Å². The summed E-state index contributed by atoms with van der Waals surface area (Å²) >= 11 is 0. The summed E-state index contributed by atoms with van der Waals surface area (Å²) in [6, 6.07) is 11.7. The quantitative estimate of drug-likeness (QED) is 0.706. The Balaban J connectivity index is 1.90. The molecule has 1 aliphatic heterocycles. The van der Waals surface area contributed by atoms with E-state index in [1.54, 1.807) is 31.2 Å². The second-order valence-corrected chi connectivity index (χ2v) is 11.7. The molecule has 2 aromatic carbocycles. The van der Waals surface area contributed by atoms with Crippen LogP contribution in [0.25, 0.3) is 0 Å². The van der Waals surface area contributed by atoms with Gasteiger partial charge in [-0.3, -0.25) is 4.79 Å². The van der Waals surface area contributed by atoms with E-state index in [0.717, 1.165) is 10.7 Å². The highest BCUT2D eigenvalue weighted by atomic mass is 32.2. The lowest BCUT2D eigenvalue weighted by Crippen LogP contribution is -2.49. The largest absolute Gasteiger partial charge is 0.324 e. The molecule has 0 aromatic heterocycles. The molecule has 1 saturated heterocycles. The summed E-state index contributed by atoms with van der Waals surface area (Å²) in [5.74, 6) is -0.471. The Hall–Kier alpha value is -2.27. The Morgan fingerprint density at radius 2 is 1.68 bits per heavy atom. The number of carbonyl (C=O) groups is 1. The lowest BCUT2D eigenvalue weighted by Gasteiger charge is -2.33. The summed E-state index contributed by atoms with van der Waals surface area (Å²) in [6.07, 6.45) is 1.80. The maximum atomic E-state index is 13.1. The molecule has 1 heterocycles. The monoisotopic (exact) mass is 465 g/mol. The number of sulfonamides is 2. The molecule has 10 heteroatoms. The summed E-state index contributed by atoms with van der Waals surface area (Å²) in [7, 11) is -4.64. The fourth-order valence-electron chi connectivity index (χ4n) is 3.51. The number of piperidine rings is 1. The Bertz CT molecular complexity index is 1160. The smallest absolute Gasteiger partial charge is 0.243 e. The van der Waals surface area contributed by atoms with Crippen LogP contribution in [-0.2, 0) is 24.8 Å². The van der Waals surface area contributed by atoms with Crippen molar-refractivity contribution in [2.75, 3.05) is 26.0 Å². The second-order valence-electron chi connectivity index (χ2n) is 7.69. The van der Waals surface area contributed by atoms with Gasteiger partial charge in [-0.25, -0.2) is 21.1 Å². The van der Waals surface area contributed by atoms with Crippen molar-refractivity contribution in [3.05, 3.63) is 54.1 Å². The number of carbonyl (C=O) groups excluding carboxylic acids is 1. The van der Waals surface area contributed by atoms with Crippen LogP contribution in [0.15, 0.2) is 58.3 Å². The number of nitrogens with zero attached hydrogens (tertiary/aromatic N) is 2. The molecule has 168 valence electrons. The summed E-state index contributed by atoms with van der Waals surface area (Å²) in [4.78, 5) is 13.3. The van der Waals surface area contributed by atoms with E-state index >= 15 is 0 Å². The van der Waals surface area contributed by atoms with Gasteiger partial charge in [-0.1, -0.05) is 30.7 Å². The maximum absolute atomic E-state index is 13.1. The highest BCUT2D eigenvalue weighted by Crippen LogP contribution is 2.28. The minimum atomic E-state index is -3.83. The molecular weight excluding hydrogens is 438 g/mol. The van der Waals surface area contributed by atoms with Crippen LogP contribution in [0.5, 0.6) is 0 Å². The fraction of sp³-hybridized carbons (Fsp3) is 0.381. The molecule has 3 rings (SSSR count). The van der Waals surface area contributed by atoms with E-state index in [2.05, 4.69) is 5.32 Å². The zero-order valence-electron chi connectivity index (χ0n) is 17.8. The zero-order chi connectivity index (χ0) is 22.8. The average Bonchev–Trinajstić information content (AvgIpc) is 2.75. The average molecular weight is 466 g/mol. The summed E-state index contributed by atoms with van der Waals surface area (Å²) in [5.41, 5.74) is 1.02. The number of amides is 1. The molecule has 1 amide bonds. The molecule has 1 N–H and O–H groups in total. The van der Waals surface area contributed by atoms with Crippen molar-refractivity contribution >= 4 is 31.6 Å². The number of hydrogen-bond donors (Lipinski definition) is 1. The highest BCUT2D eigenvalue weighted by Gasteiger charge is 2.37. The van der Waals surface area contributed by atoms with Gasteiger partial charge < -0.3 is 5.32 Å². The normalized spacial score (nSPS) is 18.1. The Kier molecular flexibility index (Phi) is 6.85. The number of rotatable bonds is 6. The molecule has 0 spiro atoms. The predicted molar refractivity (Wildman–Crippen MR) is 119 cm³/mol. The molecule has 0 unspecified atom stereocenters. The number of aryl methyl sites for hydroxylation is 1. The highest BCUT2D eigenvalue weighted by molar-refractivity contribution is 7.89. The van der Waals surface area contributed by atoms with Crippen LogP contribution in [-0.4, -0.2) is 58.0 Å². The van der Waals surface area contributed by atoms with Crippen molar-refractivity contribution in [1.29, 1.82) is 0 Å². The molecule has 0 radical (unpaired) electrons. The van der Waals surface area contributed by atoms with E-state index in [1.807, 2.05) is 0 Å². The third-order valence-electron chi connectivity index (χ3n) is 5.35. The van der Waals surface area contributed by atoms with Crippen LogP contribution in [0, 0.1) is 6.92 Å². The third-order valence-corrected chi connectivity index (χ3v) is 9.09. The van der Waals surface area contributed by atoms with Crippen molar-refractivity contribution in [1.82, 2.24) is 8.61 Å². The predicted octanol–water partition coefficient (Wildman–Crippen LogP) is 2.43. The van der Waals surface area contributed by atoms with Crippen LogP contribution in [0.1, 0.15) is 24.8 Å². The molecule has 0 bridgehead atoms. The van der Waals surface area contributed by atoms with Gasteiger partial charge in [0.1, 0.15) is 6.04 Å². The first-order chi connectivity index (χ1) is 14.5. The second kappa shape index (κ2) is 9.07. The Morgan fingerprint density at radius 3 is 2.32 bits per heavy atom. The maximum Gasteiger partial charge on any atom is 0.243 e.